The first kappa shape index (κ1) is 23.1. The molecule has 0 amide bonds. The quantitative estimate of drug-likeness (QED) is 0.518. The lowest BCUT2D eigenvalue weighted by molar-refractivity contribution is -0.147. The Morgan fingerprint density at radius 1 is 1.31 bits per heavy atom. The van der Waals surface area contributed by atoms with Crippen molar-refractivity contribution in [3.05, 3.63) is 59.7 Å². The number of carbonyl (C=O) groups excluding carboxylic acids is 1. The Morgan fingerprint density at radius 2 is 2.14 bits per heavy atom. The summed E-state index contributed by atoms with van der Waals surface area (Å²) < 4.78 is 25.8. The van der Waals surface area contributed by atoms with Crippen LogP contribution in [0.5, 0.6) is 0 Å². The Hall–Kier alpha value is -2.22. The van der Waals surface area contributed by atoms with Gasteiger partial charge in [-0.05, 0) is 36.2 Å². The van der Waals surface area contributed by atoms with E-state index in [0.29, 0.717) is 39.2 Å². The molecule has 0 spiro atoms. The predicted octanol–water partition coefficient (Wildman–Crippen LogP) is 2.83. The van der Waals surface area contributed by atoms with Gasteiger partial charge in [0.25, 0.3) is 0 Å². The van der Waals surface area contributed by atoms with Gasteiger partial charge in [-0.3, -0.25) is 9.69 Å². The van der Waals surface area contributed by atoms with E-state index in [4.69, 9.17) is 9.47 Å². The fourth-order valence-corrected chi connectivity index (χ4v) is 3.08. The second kappa shape index (κ2) is 12.4. The number of ether oxygens (including phenoxy) is 2. The maximum atomic E-state index is 13.5. The van der Waals surface area contributed by atoms with Crippen LogP contribution in [-0.4, -0.2) is 60.1 Å². The molecule has 160 valence electrons. The van der Waals surface area contributed by atoms with Gasteiger partial charge in [-0.1, -0.05) is 19.1 Å². The largest absolute Gasteiger partial charge is 0.463 e. The SMILES string of the molecule is CCCC(=O)OC[C@@H](O)CN(CCOC)Cc1cccn1Cc1cccc(F)c1. The molecule has 0 aliphatic rings. The van der Waals surface area contributed by atoms with Crippen LogP contribution in [0.25, 0.3) is 0 Å². The van der Waals surface area contributed by atoms with Gasteiger partial charge in [0.15, 0.2) is 0 Å². The van der Waals surface area contributed by atoms with E-state index in [1.54, 1.807) is 13.2 Å². The summed E-state index contributed by atoms with van der Waals surface area (Å²) in [5, 5.41) is 10.3. The molecule has 7 heteroatoms. The van der Waals surface area contributed by atoms with Gasteiger partial charge in [0.1, 0.15) is 18.5 Å². The van der Waals surface area contributed by atoms with E-state index in [0.717, 1.165) is 17.7 Å². The summed E-state index contributed by atoms with van der Waals surface area (Å²) in [6.07, 6.45) is 2.25. The zero-order valence-electron chi connectivity index (χ0n) is 17.2. The van der Waals surface area contributed by atoms with Crippen molar-refractivity contribution in [2.75, 3.05) is 33.4 Å². The minimum Gasteiger partial charge on any atom is -0.463 e. The molecule has 0 aliphatic carbocycles. The first-order valence-electron chi connectivity index (χ1n) is 9.95. The van der Waals surface area contributed by atoms with Crippen LogP contribution in [0.15, 0.2) is 42.6 Å². The van der Waals surface area contributed by atoms with Crippen molar-refractivity contribution < 1.29 is 23.8 Å². The smallest absolute Gasteiger partial charge is 0.305 e. The Morgan fingerprint density at radius 3 is 2.86 bits per heavy atom. The van der Waals surface area contributed by atoms with E-state index in [1.807, 2.05) is 31.3 Å². The Bertz CT molecular complexity index is 750. The lowest BCUT2D eigenvalue weighted by atomic mass is 10.2. The minimum atomic E-state index is -0.778. The van der Waals surface area contributed by atoms with E-state index in [1.165, 1.54) is 12.1 Å². The number of esters is 1. The lowest BCUT2D eigenvalue weighted by Gasteiger charge is -2.25. The van der Waals surface area contributed by atoms with Crippen LogP contribution in [0, 0.1) is 5.82 Å². The fraction of sp³-hybridized carbons (Fsp3) is 0.500. The standard InChI is InChI=1S/C22H31FN2O4/c1-3-6-22(27)29-17-21(26)16-24(11-12-28-2)15-20-9-5-10-25(20)14-18-7-4-8-19(23)13-18/h4-5,7-10,13,21,26H,3,6,11-12,14-17H2,1-2H3/t21-/m0/s1. The number of hydrogen-bond acceptors (Lipinski definition) is 5. The molecule has 1 heterocycles. The van der Waals surface area contributed by atoms with E-state index >= 15 is 0 Å². The number of rotatable bonds is 13. The molecule has 6 nitrogen and oxygen atoms in total. The molecule has 1 aromatic heterocycles. The van der Waals surface area contributed by atoms with E-state index < -0.39 is 6.10 Å². The van der Waals surface area contributed by atoms with Gasteiger partial charge in [-0.2, -0.15) is 0 Å². The number of aromatic nitrogens is 1. The molecule has 0 fully saturated rings. The number of halogens is 1. The fourth-order valence-electron chi connectivity index (χ4n) is 3.08. The summed E-state index contributed by atoms with van der Waals surface area (Å²) in [4.78, 5) is 13.6. The third kappa shape index (κ3) is 8.35. The monoisotopic (exact) mass is 406 g/mol. The summed E-state index contributed by atoms with van der Waals surface area (Å²) >= 11 is 0. The second-order valence-corrected chi connectivity index (χ2v) is 7.07. The highest BCUT2D eigenvalue weighted by molar-refractivity contribution is 5.69. The van der Waals surface area contributed by atoms with Gasteiger partial charge >= 0.3 is 5.97 Å². The third-order valence-electron chi connectivity index (χ3n) is 4.52. The molecule has 0 aliphatic heterocycles. The summed E-state index contributed by atoms with van der Waals surface area (Å²) in [6, 6.07) is 10.5. The van der Waals surface area contributed by atoms with E-state index in [-0.39, 0.29) is 18.4 Å². The average molecular weight is 406 g/mol. The van der Waals surface area contributed by atoms with E-state index in [9.17, 15) is 14.3 Å². The highest BCUT2D eigenvalue weighted by Crippen LogP contribution is 2.12. The lowest BCUT2D eigenvalue weighted by Crippen LogP contribution is -2.37. The molecule has 1 atom stereocenters. The van der Waals surface area contributed by atoms with Crippen LogP contribution in [0.2, 0.25) is 0 Å². The zero-order valence-corrected chi connectivity index (χ0v) is 17.2. The van der Waals surface area contributed by atoms with Crippen molar-refractivity contribution in [3.8, 4) is 0 Å². The number of aliphatic hydroxyl groups excluding tert-OH is 1. The molecule has 29 heavy (non-hydrogen) atoms. The highest BCUT2D eigenvalue weighted by Gasteiger charge is 2.16. The molecular weight excluding hydrogens is 375 g/mol. The molecule has 2 aromatic rings. The van der Waals surface area contributed by atoms with Gasteiger partial charge in [-0.15, -0.1) is 0 Å². The second-order valence-electron chi connectivity index (χ2n) is 7.07. The molecule has 1 aromatic carbocycles. The minimum absolute atomic E-state index is 0.0212. The van der Waals surface area contributed by atoms with Crippen LogP contribution in [0.4, 0.5) is 4.39 Å². The first-order chi connectivity index (χ1) is 14.0. The van der Waals surface area contributed by atoms with Crippen LogP contribution in [-0.2, 0) is 27.4 Å². The van der Waals surface area contributed by atoms with Gasteiger partial charge in [0.05, 0.1) is 6.61 Å². The number of carbonyl (C=O) groups is 1. The van der Waals surface area contributed by atoms with Crippen molar-refractivity contribution in [2.45, 2.75) is 39.0 Å². The number of benzene rings is 1. The van der Waals surface area contributed by atoms with Crippen molar-refractivity contribution in [3.63, 3.8) is 0 Å². The molecule has 0 radical (unpaired) electrons. The molecule has 2 rings (SSSR count). The molecule has 0 bridgehead atoms. The van der Waals surface area contributed by atoms with Crippen LogP contribution in [0.3, 0.4) is 0 Å². The van der Waals surface area contributed by atoms with Crippen LogP contribution < -0.4 is 0 Å². The van der Waals surface area contributed by atoms with Crippen LogP contribution in [0.1, 0.15) is 31.0 Å². The van der Waals surface area contributed by atoms with Gasteiger partial charge in [0.2, 0.25) is 0 Å². The zero-order chi connectivity index (χ0) is 21.1. The van der Waals surface area contributed by atoms with Crippen LogP contribution >= 0.6 is 0 Å². The van der Waals surface area contributed by atoms with Crippen molar-refractivity contribution in [2.24, 2.45) is 0 Å². The average Bonchev–Trinajstić information content (AvgIpc) is 3.11. The maximum Gasteiger partial charge on any atom is 0.305 e. The molecular formula is C22H31FN2O4. The third-order valence-corrected chi connectivity index (χ3v) is 4.52. The number of methoxy groups -OCH3 is 1. The summed E-state index contributed by atoms with van der Waals surface area (Å²) in [5.41, 5.74) is 1.93. The number of nitrogens with zero attached hydrogens (tertiary/aromatic N) is 2. The van der Waals surface area contributed by atoms with Crippen molar-refractivity contribution >= 4 is 5.97 Å². The molecule has 0 saturated carbocycles. The number of hydrogen-bond donors (Lipinski definition) is 1. The van der Waals surface area contributed by atoms with Crippen molar-refractivity contribution in [1.29, 1.82) is 0 Å². The summed E-state index contributed by atoms with van der Waals surface area (Å²) in [7, 11) is 1.63. The van der Waals surface area contributed by atoms with Gasteiger partial charge < -0.3 is 19.1 Å². The molecule has 1 N–H and O–H groups in total. The predicted molar refractivity (Wildman–Crippen MR) is 109 cm³/mol. The highest BCUT2D eigenvalue weighted by atomic mass is 19.1. The van der Waals surface area contributed by atoms with Crippen molar-refractivity contribution in [1.82, 2.24) is 9.47 Å². The van der Waals surface area contributed by atoms with Gasteiger partial charge in [-0.25, -0.2) is 4.39 Å². The summed E-state index contributed by atoms with van der Waals surface area (Å²) in [5.74, 6) is -0.544. The Balaban J connectivity index is 1.97. The van der Waals surface area contributed by atoms with Gasteiger partial charge in [0, 0.05) is 51.6 Å². The normalized spacial score (nSPS) is 12.3. The summed E-state index contributed by atoms with van der Waals surface area (Å²) in [6.45, 7) is 4.54. The molecule has 0 unspecified atom stereocenters. The topological polar surface area (TPSA) is 63.9 Å². The number of aliphatic hydroxyl groups is 1. The Labute approximate surface area is 171 Å². The maximum absolute atomic E-state index is 13.5. The first-order valence-corrected chi connectivity index (χ1v) is 9.95. The van der Waals surface area contributed by atoms with E-state index in [2.05, 4.69) is 9.47 Å². The molecule has 0 saturated heterocycles. The Kier molecular flexibility index (Phi) is 9.83.